The van der Waals surface area contributed by atoms with E-state index in [0.29, 0.717) is 24.5 Å². The number of carbonyl (C=O) groups is 1. The predicted octanol–water partition coefficient (Wildman–Crippen LogP) is -0.737. The molecule has 0 aromatic rings. The highest BCUT2D eigenvalue weighted by Gasteiger charge is 2.28. The van der Waals surface area contributed by atoms with Crippen molar-refractivity contribution in [2.75, 3.05) is 26.2 Å². The van der Waals surface area contributed by atoms with Crippen LogP contribution in [0.5, 0.6) is 0 Å². The van der Waals surface area contributed by atoms with E-state index < -0.39 is 0 Å². The van der Waals surface area contributed by atoms with E-state index in [1.807, 2.05) is 0 Å². The van der Waals surface area contributed by atoms with Crippen LogP contribution < -0.4 is 16.8 Å². The largest absolute Gasteiger partial charge is 0.352 e. The first kappa shape index (κ1) is 12.8. The van der Waals surface area contributed by atoms with Crippen LogP contribution in [0.1, 0.15) is 25.7 Å². The summed E-state index contributed by atoms with van der Waals surface area (Å²) in [7, 11) is 0. The van der Waals surface area contributed by atoms with E-state index in [0.717, 1.165) is 45.3 Å². The van der Waals surface area contributed by atoms with Crippen molar-refractivity contribution in [3.8, 4) is 0 Å². The Morgan fingerprint density at radius 3 is 2.47 bits per heavy atom. The number of likely N-dealkylation sites (tertiary alicyclic amines) is 1. The molecule has 0 bridgehead atoms. The van der Waals surface area contributed by atoms with Gasteiger partial charge < -0.3 is 16.8 Å². The van der Waals surface area contributed by atoms with Gasteiger partial charge in [-0.15, -0.1) is 0 Å². The molecule has 1 aliphatic carbocycles. The van der Waals surface area contributed by atoms with Gasteiger partial charge in [0.2, 0.25) is 5.91 Å². The molecule has 0 spiro atoms. The third kappa shape index (κ3) is 3.66. The zero-order chi connectivity index (χ0) is 12.3. The first-order chi connectivity index (χ1) is 8.17. The molecule has 0 aromatic heterocycles. The molecular formula is C12H24N4O. The van der Waals surface area contributed by atoms with Gasteiger partial charge in [0.1, 0.15) is 0 Å². The number of piperidine rings is 1. The summed E-state index contributed by atoms with van der Waals surface area (Å²) in [5, 5.41) is 3.03. The molecule has 98 valence electrons. The van der Waals surface area contributed by atoms with E-state index in [-0.39, 0.29) is 5.91 Å². The summed E-state index contributed by atoms with van der Waals surface area (Å²) in [5.74, 6) is 0.798. The quantitative estimate of drug-likeness (QED) is 0.604. The zero-order valence-corrected chi connectivity index (χ0v) is 10.4. The van der Waals surface area contributed by atoms with Crippen molar-refractivity contribution < 1.29 is 4.79 Å². The lowest BCUT2D eigenvalue weighted by Gasteiger charge is -2.35. The van der Waals surface area contributed by atoms with Gasteiger partial charge in [-0.2, -0.15) is 0 Å². The predicted molar refractivity (Wildman–Crippen MR) is 67.4 cm³/mol. The second-order valence-electron chi connectivity index (χ2n) is 5.45. The second-order valence-corrected chi connectivity index (χ2v) is 5.45. The molecule has 5 heteroatoms. The molecule has 1 aliphatic heterocycles. The van der Waals surface area contributed by atoms with Gasteiger partial charge in [0.15, 0.2) is 0 Å². The van der Waals surface area contributed by atoms with Crippen molar-refractivity contribution >= 4 is 5.91 Å². The molecule has 2 aliphatic rings. The van der Waals surface area contributed by atoms with Crippen LogP contribution in [0.3, 0.4) is 0 Å². The highest BCUT2D eigenvalue weighted by molar-refractivity contribution is 5.78. The molecule has 1 heterocycles. The van der Waals surface area contributed by atoms with Crippen LogP contribution in [-0.2, 0) is 4.79 Å². The highest BCUT2D eigenvalue weighted by Crippen LogP contribution is 2.18. The number of hydrogen-bond donors (Lipinski definition) is 3. The molecule has 5 nitrogen and oxygen atoms in total. The number of hydrogen-bond acceptors (Lipinski definition) is 4. The molecule has 0 radical (unpaired) electrons. The maximum Gasteiger partial charge on any atom is 0.234 e. The third-order valence-electron chi connectivity index (χ3n) is 3.95. The van der Waals surface area contributed by atoms with E-state index in [9.17, 15) is 4.79 Å². The van der Waals surface area contributed by atoms with Crippen molar-refractivity contribution in [1.82, 2.24) is 10.2 Å². The number of amides is 1. The minimum Gasteiger partial charge on any atom is -0.352 e. The average Bonchev–Trinajstić information content (AvgIpc) is 2.28. The van der Waals surface area contributed by atoms with Gasteiger partial charge in [-0.1, -0.05) is 0 Å². The molecule has 2 fully saturated rings. The third-order valence-corrected chi connectivity index (χ3v) is 3.95. The Bertz CT molecular complexity index is 257. The standard InChI is InChI=1S/C12H24N4O/c13-7-9-1-3-16(4-2-9)8-12(17)15-11-5-10(14)6-11/h9-11H,1-8,13-14H2,(H,15,17). The number of nitrogens with zero attached hydrogens (tertiary/aromatic N) is 1. The number of nitrogens with two attached hydrogens (primary N) is 2. The van der Waals surface area contributed by atoms with E-state index >= 15 is 0 Å². The normalized spacial score (nSPS) is 30.9. The van der Waals surface area contributed by atoms with Gasteiger partial charge in [-0.25, -0.2) is 0 Å². The molecule has 1 amide bonds. The molecule has 1 saturated carbocycles. The first-order valence-corrected chi connectivity index (χ1v) is 6.64. The highest BCUT2D eigenvalue weighted by atomic mass is 16.2. The second kappa shape index (κ2) is 5.80. The van der Waals surface area contributed by atoms with Crippen LogP contribution in [0.25, 0.3) is 0 Å². The Morgan fingerprint density at radius 1 is 1.29 bits per heavy atom. The van der Waals surface area contributed by atoms with Gasteiger partial charge in [0.05, 0.1) is 6.54 Å². The fraction of sp³-hybridized carbons (Fsp3) is 0.917. The summed E-state index contributed by atoms with van der Waals surface area (Å²) in [6.45, 7) is 3.31. The fourth-order valence-electron chi connectivity index (χ4n) is 2.64. The number of carbonyl (C=O) groups excluding carboxylic acids is 1. The number of rotatable bonds is 4. The van der Waals surface area contributed by atoms with Crippen molar-refractivity contribution in [3.05, 3.63) is 0 Å². The molecule has 1 saturated heterocycles. The molecule has 5 N–H and O–H groups in total. The van der Waals surface area contributed by atoms with Crippen molar-refractivity contribution in [3.63, 3.8) is 0 Å². The Balaban J connectivity index is 1.62. The van der Waals surface area contributed by atoms with Crippen LogP contribution in [0.15, 0.2) is 0 Å². The summed E-state index contributed by atoms with van der Waals surface area (Å²) in [4.78, 5) is 14.0. The fourth-order valence-corrected chi connectivity index (χ4v) is 2.64. The van der Waals surface area contributed by atoms with Gasteiger partial charge in [-0.05, 0) is 51.2 Å². The van der Waals surface area contributed by atoms with E-state index in [1.165, 1.54) is 0 Å². The van der Waals surface area contributed by atoms with Crippen LogP contribution in [0.4, 0.5) is 0 Å². The zero-order valence-electron chi connectivity index (χ0n) is 10.4. The van der Waals surface area contributed by atoms with Gasteiger partial charge in [-0.3, -0.25) is 9.69 Å². The monoisotopic (exact) mass is 240 g/mol. The van der Waals surface area contributed by atoms with Crippen LogP contribution in [0, 0.1) is 5.92 Å². The van der Waals surface area contributed by atoms with Crippen LogP contribution in [-0.4, -0.2) is 49.1 Å². The van der Waals surface area contributed by atoms with Gasteiger partial charge in [0.25, 0.3) is 0 Å². The molecule has 0 unspecified atom stereocenters. The molecule has 0 aromatic carbocycles. The molecule has 2 rings (SSSR count). The summed E-state index contributed by atoms with van der Waals surface area (Å²) < 4.78 is 0. The Labute approximate surface area is 103 Å². The average molecular weight is 240 g/mol. The summed E-state index contributed by atoms with van der Waals surface area (Å²) in [6.07, 6.45) is 4.11. The van der Waals surface area contributed by atoms with E-state index in [4.69, 9.17) is 11.5 Å². The summed E-state index contributed by atoms with van der Waals surface area (Å²) in [5.41, 5.74) is 11.3. The van der Waals surface area contributed by atoms with Gasteiger partial charge in [0, 0.05) is 12.1 Å². The Morgan fingerprint density at radius 2 is 1.94 bits per heavy atom. The SMILES string of the molecule is NCC1CCN(CC(=O)NC2CC(N)C2)CC1. The van der Waals surface area contributed by atoms with Crippen molar-refractivity contribution in [2.24, 2.45) is 17.4 Å². The topological polar surface area (TPSA) is 84.4 Å². The lowest BCUT2D eigenvalue weighted by atomic mass is 9.87. The molecular weight excluding hydrogens is 216 g/mol. The molecule has 17 heavy (non-hydrogen) atoms. The lowest BCUT2D eigenvalue weighted by Crippen LogP contribution is -2.52. The van der Waals surface area contributed by atoms with E-state index in [2.05, 4.69) is 10.2 Å². The van der Waals surface area contributed by atoms with Crippen molar-refractivity contribution in [2.45, 2.75) is 37.8 Å². The molecule has 0 atom stereocenters. The minimum atomic E-state index is 0.146. The maximum atomic E-state index is 11.8. The smallest absolute Gasteiger partial charge is 0.234 e. The number of nitrogens with one attached hydrogen (secondary N) is 1. The summed E-state index contributed by atoms with van der Waals surface area (Å²) in [6, 6.07) is 0.611. The summed E-state index contributed by atoms with van der Waals surface area (Å²) >= 11 is 0. The lowest BCUT2D eigenvalue weighted by molar-refractivity contribution is -0.123. The maximum absolute atomic E-state index is 11.8. The Hall–Kier alpha value is -0.650. The van der Waals surface area contributed by atoms with Crippen LogP contribution in [0.2, 0.25) is 0 Å². The minimum absolute atomic E-state index is 0.146. The van der Waals surface area contributed by atoms with Gasteiger partial charge >= 0.3 is 0 Å². The van der Waals surface area contributed by atoms with Crippen LogP contribution >= 0.6 is 0 Å². The van der Waals surface area contributed by atoms with E-state index in [1.54, 1.807) is 0 Å². The first-order valence-electron chi connectivity index (χ1n) is 6.64. The Kier molecular flexibility index (Phi) is 4.36. The van der Waals surface area contributed by atoms with Crippen molar-refractivity contribution in [1.29, 1.82) is 0 Å².